The number of rotatable bonds is 7. The van der Waals surface area contributed by atoms with Gasteiger partial charge in [-0.25, -0.2) is 0 Å². The van der Waals surface area contributed by atoms with E-state index in [0.29, 0.717) is 6.54 Å². The normalized spacial score (nSPS) is 16.2. The van der Waals surface area contributed by atoms with Crippen LogP contribution in [-0.2, 0) is 13.1 Å². The Balaban J connectivity index is 1.58. The highest BCUT2D eigenvalue weighted by atomic mass is 16.1. The number of hydrogen-bond donors (Lipinski definition) is 0. The second kappa shape index (κ2) is 9.16. The Kier molecular flexibility index (Phi) is 6.64. The molecule has 27 heavy (non-hydrogen) atoms. The van der Waals surface area contributed by atoms with Crippen LogP contribution in [-0.4, -0.2) is 52.9 Å². The van der Waals surface area contributed by atoms with Crippen molar-refractivity contribution in [2.45, 2.75) is 33.4 Å². The van der Waals surface area contributed by atoms with Crippen molar-refractivity contribution in [3.8, 4) is 0 Å². The maximum absolute atomic E-state index is 12.9. The Morgan fingerprint density at radius 2 is 1.78 bits per heavy atom. The van der Waals surface area contributed by atoms with Crippen molar-refractivity contribution in [1.82, 2.24) is 14.4 Å². The molecule has 0 radical (unpaired) electrons. The van der Waals surface area contributed by atoms with Gasteiger partial charge in [-0.05, 0) is 45.0 Å². The van der Waals surface area contributed by atoms with Crippen molar-refractivity contribution in [1.29, 1.82) is 0 Å². The van der Waals surface area contributed by atoms with Crippen molar-refractivity contribution in [2.75, 3.05) is 32.7 Å². The third-order valence-electron chi connectivity index (χ3n) is 5.48. The number of ketones is 1. The van der Waals surface area contributed by atoms with Gasteiger partial charge in [0.25, 0.3) is 0 Å². The lowest BCUT2D eigenvalue weighted by Crippen LogP contribution is -2.34. The highest BCUT2D eigenvalue weighted by Gasteiger charge is 2.20. The van der Waals surface area contributed by atoms with Gasteiger partial charge in [-0.2, -0.15) is 0 Å². The summed E-state index contributed by atoms with van der Waals surface area (Å²) in [4.78, 5) is 17.7. The van der Waals surface area contributed by atoms with E-state index in [2.05, 4.69) is 58.2 Å². The van der Waals surface area contributed by atoms with E-state index in [-0.39, 0.29) is 5.78 Å². The number of benzene rings is 1. The number of Topliss-reactive ketones (excluding diaryl/α,β-unsaturated/α-hetero) is 1. The first-order valence-electron chi connectivity index (χ1n) is 9.88. The molecular weight excluding hydrogens is 334 g/mol. The molecule has 0 amide bonds. The topological polar surface area (TPSA) is 28.5 Å². The monoisotopic (exact) mass is 365 g/mol. The molecule has 2 heterocycles. The van der Waals surface area contributed by atoms with Crippen LogP contribution >= 0.6 is 0 Å². The fourth-order valence-electron chi connectivity index (χ4n) is 3.96. The van der Waals surface area contributed by atoms with Crippen LogP contribution in [0.4, 0.5) is 0 Å². The lowest BCUT2D eigenvalue weighted by atomic mass is 10.1. The minimum absolute atomic E-state index is 0.231. The molecule has 0 N–H and O–H groups in total. The molecule has 0 bridgehead atoms. The molecular formula is C23H31N3O. The summed E-state index contributed by atoms with van der Waals surface area (Å²) in [5, 5.41) is 0. The van der Waals surface area contributed by atoms with E-state index in [1.807, 2.05) is 19.1 Å². The zero-order chi connectivity index (χ0) is 19.2. The Morgan fingerprint density at radius 1 is 1.07 bits per heavy atom. The number of carbonyl (C=O) groups is 1. The summed E-state index contributed by atoms with van der Waals surface area (Å²) in [6, 6.07) is 12.7. The van der Waals surface area contributed by atoms with Gasteiger partial charge in [0.1, 0.15) is 0 Å². The Labute approximate surface area is 163 Å². The summed E-state index contributed by atoms with van der Waals surface area (Å²) >= 11 is 0. The van der Waals surface area contributed by atoms with Crippen molar-refractivity contribution in [2.24, 2.45) is 0 Å². The number of carbonyl (C=O) groups excluding carboxylic acids is 1. The summed E-state index contributed by atoms with van der Waals surface area (Å²) in [5.41, 5.74) is 4.40. The summed E-state index contributed by atoms with van der Waals surface area (Å²) < 4.78 is 2.16. The van der Waals surface area contributed by atoms with E-state index in [4.69, 9.17) is 0 Å². The van der Waals surface area contributed by atoms with Crippen LogP contribution in [0, 0.1) is 13.8 Å². The molecule has 3 rings (SSSR count). The summed E-state index contributed by atoms with van der Waals surface area (Å²) in [6.07, 6.45) is 2.99. The van der Waals surface area contributed by atoms with E-state index in [1.165, 1.54) is 5.56 Å². The van der Waals surface area contributed by atoms with Crippen molar-refractivity contribution in [3.05, 3.63) is 71.6 Å². The number of aryl methyl sites for hydroxylation is 1. The molecule has 144 valence electrons. The first kappa shape index (κ1) is 19.6. The smallest absolute Gasteiger partial charge is 0.178 e. The highest BCUT2D eigenvalue weighted by molar-refractivity contribution is 5.99. The van der Waals surface area contributed by atoms with Gasteiger partial charge in [0.15, 0.2) is 5.78 Å². The van der Waals surface area contributed by atoms with Gasteiger partial charge in [-0.1, -0.05) is 36.4 Å². The third kappa shape index (κ3) is 4.96. The van der Waals surface area contributed by atoms with Crippen LogP contribution in [0.25, 0.3) is 0 Å². The average Bonchev–Trinajstić information content (AvgIpc) is 2.82. The van der Waals surface area contributed by atoms with E-state index in [1.54, 1.807) is 0 Å². The molecule has 1 aromatic carbocycles. The number of hydrogen-bond acceptors (Lipinski definition) is 3. The third-order valence-corrected chi connectivity index (χ3v) is 5.48. The second-order valence-electron chi connectivity index (χ2n) is 7.50. The van der Waals surface area contributed by atoms with E-state index >= 15 is 0 Å². The van der Waals surface area contributed by atoms with Gasteiger partial charge < -0.3 is 4.57 Å². The van der Waals surface area contributed by atoms with Crippen LogP contribution in [0.5, 0.6) is 0 Å². The maximum atomic E-state index is 12.9. The Morgan fingerprint density at radius 3 is 2.52 bits per heavy atom. The van der Waals surface area contributed by atoms with Crippen LogP contribution in [0.2, 0.25) is 0 Å². The van der Waals surface area contributed by atoms with Gasteiger partial charge in [0.2, 0.25) is 0 Å². The van der Waals surface area contributed by atoms with Gasteiger partial charge >= 0.3 is 0 Å². The lowest BCUT2D eigenvalue weighted by molar-refractivity contribution is 0.0932. The zero-order valence-corrected chi connectivity index (χ0v) is 16.7. The fraction of sp³-hybridized carbons (Fsp3) is 0.435. The molecule has 1 aliphatic heterocycles. The van der Waals surface area contributed by atoms with Crippen LogP contribution in [0.3, 0.4) is 0 Å². The first-order chi connectivity index (χ1) is 13.1. The van der Waals surface area contributed by atoms with E-state index in [9.17, 15) is 4.79 Å². The molecule has 0 spiro atoms. The minimum atomic E-state index is 0.231. The fourth-order valence-corrected chi connectivity index (χ4v) is 3.96. The molecule has 0 unspecified atom stereocenters. The molecule has 4 heteroatoms. The summed E-state index contributed by atoms with van der Waals surface area (Å²) in [6.45, 7) is 14.2. The van der Waals surface area contributed by atoms with Crippen LogP contribution in [0.1, 0.15) is 33.7 Å². The molecule has 1 saturated heterocycles. The van der Waals surface area contributed by atoms with Gasteiger partial charge in [-0.15, -0.1) is 6.58 Å². The van der Waals surface area contributed by atoms with Crippen molar-refractivity contribution >= 4 is 5.78 Å². The quantitative estimate of drug-likeness (QED) is 0.553. The Hall–Kier alpha value is -2.17. The van der Waals surface area contributed by atoms with Crippen LogP contribution < -0.4 is 0 Å². The molecule has 0 aliphatic carbocycles. The first-order valence-corrected chi connectivity index (χ1v) is 9.88. The standard InChI is InChI=1S/C23H31N3O/c1-4-11-26-19(2)16-22(20(26)3)23(27)18-25-13-8-12-24(14-15-25)17-21-9-6-5-7-10-21/h4-7,9-10,16H,1,8,11-15,17-18H2,2-3H3. The van der Waals surface area contributed by atoms with Crippen molar-refractivity contribution in [3.63, 3.8) is 0 Å². The average molecular weight is 366 g/mol. The van der Waals surface area contributed by atoms with Crippen LogP contribution in [0.15, 0.2) is 49.1 Å². The molecule has 1 aromatic heterocycles. The largest absolute Gasteiger partial charge is 0.345 e. The summed E-state index contributed by atoms with van der Waals surface area (Å²) in [5.74, 6) is 0.231. The predicted molar refractivity (Wildman–Crippen MR) is 111 cm³/mol. The zero-order valence-electron chi connectivity index (χ0n) is 16.7. The van der Waals surface area contributed by atoms with Gasteiger partial charge in [0, 0.05) is 43.1 Å². The number of allylic oxidation sites excluding steroid dienone is 1. The molecule has 1 aliphatic rings. The predicted octanol–water partition coefficient (Wildman–Crippen LogP) is 3.68. The second-order valence-corrected chi connectivity index (χ2v) is 7.50. The van der Waals surface area contributed by atoms with Crippen molar-refractivity contribution < 1.29 is 4.79 Å². The molecule has 0 saturated carbocycles. The summed E-state index contributed by atoms with van der Waals surface area (Å²) in [7, 11) is 0. The van der Waals surface area contributed by atoms with Gasteiger partial charge in [0.05, 0.1) is 6.54 Å². The molecule has 4 nitrogen and oxygen atoms in total. The SMILES string of the molecule is C=CCn1c(C)cc(C(=O)CN2CCCN(Cc3ccccc3)CC2)c1C. The van der Waals surface area contributed by atoms with E-state index < -0.39 is 0 Å². The maximum Gasteiger partial charge on any atom is 0.178 e. The molecule has 1 fully saturated rings. The number of aromatic nitrogens is 1. The Bertz CT molecular complexity index is 778. The molecule has 0 atom stereocenters. The number of nitrogens with zero attached hydrogens (tertiary/aromatic N) is 3. The minimum Gasteiger partial charge on any atom is -0.345 e. The van der Waals surface area contributed by atoms with Gasteiger partial charge in [-0.3, -0.25) is 14.6 Å². The lowest BCUT2D eigenvalue weighted by Gasteiger charge is -2.21. The molecule has 2 aromatic rings. The van der Waals surface area contributed by atoms with E-state index in [0.717, 1.165) is 62.6 Å². The highest BCUT2D eigenvalue weighted by Crippen LogP contribution is 2.17.